The van der Waals surface area contributed by atoms with E-state index in [2.05, 4.69) is 5.32 Å². The Bertz CT molecular complexity index is 340. The Hall–Kier alpha value is -1.30. The molecule has 1 unspecified atom stereocenters. The number of amides is 2. The summed E-state index contributed by atoms with van der Waals surface area (Å²) in [5.74, 6) is -0.693. The van der Waals surface area contributed by atoms with E-state index in [4.69, 9.17) is 5.11 Å². The van der Waals surface area contributed by atoms with Gasteiger partial charge in [-0.2, -0.15) is 0 Å². The van der Waals surface area contributed by atoms with E-state index in [1.54, 1.807) is 7.05 Å². The first-order valence-electron chi connectivity index (χ1n) is 7.25. The van der Waals surface area contributed by atoms with Crippen LogP contribution in [0.3, 0.4) is 0 Å². The Labute approximate surface area is 120 Å². The highest BCUT2D eigenvalue weighted by Gasteiger charge is 2.33. The molecule has 0 heterocycles. The second-order valence-corrected chi connectivity index (χ2v) is 6.01. The standard InChI is InChI=1S/C14H26N2O4/c1-11(5-6-12(17)18)9-15-13(19)16(2)10-14(20)7-3-4-8-14/h11,20H,3-10H2,1-2H3,(H,15,19)(H,17,18). The normalized spacial score (nSPS) is 18.6. The molecule has 1 fully saturated rings. The zero-order valence-electron chi connectivity index (χ0n) is 12.4. The van der Waals surface area contributed by atoms with Gasteiger partial charge in [0.05, 0.1) is 12.1 Å². The fourth-order valence-corrected chi connectivity index (χ4v) is 2.57. The number of carboxylic acids is 1. The summed E-state index contributed by atoms with van der Waals surface area (Å²) in [6.07, 6.45) is 4.19. The first-order chi connectivity index (χ1) is 9.32. The van der Waals surface area contributed by atoms with Gasteiger partial charge in [-0.25, -0.2) is 4.79 Å². The molecule has 20 heavy (non-hydrogen) atoms. The van der Waals surface area contributed by atoms with Gasteiger partial charge in [0, 0.05) is 20.0 Å². The molecule has 0 aromatic rings. The van der Waals surface area contributed by atoms with Crippen molar-refractivity contribution in [1.29, 1.82) is 0 Å². The van der Waals surface area contributed by atoms with Crippen LogP contribution in [0, 0.1) is 5.92 Å². The van der Waals surface area contributed by atoms with Crippen LogP contribution in [0.15, 0.2) is 0 Å². The largest absolute Gasteiger partial charge is 0.481 e. The summed E-state index contributed by atoms with van der Waals surface area (Å²) in [4.78, 5) is 23.9. The van der Waals surface area contributed by atoms with Gasteiger partial charge in [0.2, 0.25) is 0 Å². The quantitative estimate of drug-likeness (QED) is 0.660. The van der Waals surface area contributed by atoms with Crippen molar-refractivity contribution in [3.63, 3.8) is 0 Å². The van der Waals surface area contributed by atoms with E-state index in [-0.39, 0.29) is 18.4 Å². The van der Waals surface area contributed by atoms with Crippen LogP contribution in [0.4, 0.5) is 4.79 Å². The highest BCUT2D eigenvalue weighted by molar-refractivity contribution is 5.73. The molecule has 1 atom stereocenters. The van der Waals surface area contributed by atoms with Crippen LogP contribution >= 0.6 is 0 Å². The number of likely N-dealkylation sites (N-methyl/N-ethyl adjacent to an activating group) is 1. The SMILES string of the molecule is CC(CCC(=O)O)CNC(=O)N(C)CC1(O)CCCC1. The number of carbonyl (C=O) groups is 2. The van der Waals surface area contributed by atoms with E-state index in [0.717, 1.165) is 25.7 Å². The van der Waals surface area contributed by atoms with Crippen molar-refractivity contribution in [3.8, 4) is 0 Å². The lowest BCUT2D eigenvalue weighted by Gasteiger charge is -2.29. The summed E-state index contributed by atoms with van der Waals surface area (Å²) in [6, 6.07) is -0.215. The zero-order valence-corrected chi connectivity index (χ0v) is 12.4. The summed E-state index contributed by atoms with van der Waals surface area (Å²) in [6.45, 7) is 2.71. The van der Waals surface area contributed by atoms with E-state index in [1.165, 1.54) is 4.90 Å². The van der Waals surface area contributed by atoms with Crippen molar-refractivity contribution in [2.45, 2.75) is 51.0 Å². The third-order valence-electron chi connectivity index (χ3n) is 3.87. The number of hydrogen-bond acceptors (Lipinski definition) is 3. The van der Waals surface area contributed by atoms with Crippen LogP contribution in [0.5, 0.6) is 0 Å². The Morgan fingerprint density at radius 3 is 2.50 bits per heavy atom. The second-order valence-electron chi connectivity index (χ2n) is 6.01. The van der Waals surface area contributed by atoms with Gasteiger partial charge < -0.3 is 20.4 Å². The number of carboxylic acid groups (broad SMARTS) is 1. The number of aliphatic hydroxyl groups is 1. The first-order valence-corrected chi connectivity index (χ1v) is 7.25. The van der Waals surface area contributed by atoms with Crippen molar-refractivity contribution in [2.24, 2.45) is 5.92 Å². The maximum absolute atomic E-state index is 11.9. The predicted molar refractivity (Wildman–Crippen MR) is 75.5 cm³/mol. The van der Waals surface area contributed by atoms with Gasteiger partial charge in [-0.3, -0.25) is 4.79 Å². The molecule has 0 aromatic carbocycles. The minimum atomic E-state index is -0.816. The molecule has 1 rings (SSSR count). The maximum atomic E-state index is 11.9. The molecule has 0 bridgehead atoms. The average molecular weight is 286 g/mol. The van der Waals surface area contributed by atoms with Crippen molar-refractivity contribution < 1.29 is 19.8 Å². The summed E-state index contributed by atoms with van der Waals surface area (Å²) < 4.78 is 0. The summed E-state index contributed by atoms with van der Waals surface area (Å²) in [5.41, 5.74) is -0.735. The third kappa shape index (κ3) is 5.77. The Kier molecular flexibility index (Phi) is 6.26. The van der Waals surface area contributed by atoms with Crippen LogP contribution in [0.2, 0.25) is 0 Å². The molecule has 6 heteroatoms. The molecule has 0 radical (unpaired) electrons. The number of rotatable bonds is 7. The molecule has 6 nitrogen and oxygen atoms in total. The van der Waals surface area contributed by atoms with Crippen LogP contribution in [-0.2, 0) is 4.79 Å². The molecule has 3 N–H and O–H groups in total. The highest BCUT2D eigenvalue weighted by atomic mass is 16.4. The van der Waals surface area contributed by atoms with E-state index < -0.39 is 11.6 Å². The predicted octanol–water partition coefficient (Wildman–Crippen LogP) is 1.43. The van der Waals surface area contributed by atoms with Crippen molar-refractivity contribution in [3.05, 3.63) is 0 Å². The molecular weight excluding hydrogens is 260 g/mol. The van der Waals surface area contributed by atoms with Crippen molar-refractivity contribution >= 4 is 12.0 Å². The monoisotopic (exact) mass is 286 g/mol. The maximum Gasteiger partial charge on any atom is 0.317 e. The van der Waals surface area contributed by atoms with E-state index in [1.807, 2.05) is 6.92 Å². The topological polar surface area (TPSA) is 89.9 Å². The Morgan fingerprint density at radius 1 is 1.35 bits per heavy atom. The second kappa shape index (κ2) is 7.47. The lowest BCUT2D eigenvalue weighted by atomic mass is 10.0. The molecule has 0 aliphatic heterocycles. The number of urea groups is 1. The summed E-state index contributed by atoms with van der Waals surface area (Å²) in [5, 5.41) is 21.6. The smallest absolute Gasteiger partial charge is 0.317 e. The summed E-state index contributed by atoms with van der Waals surface area (Å²) >= 11 is 0. The number of hydrogen-bond donors (Lipinski definition) is 3. The van der Waals surface area contributed by atoms with E-state index >= 15 is 0 Å². The molecular formula is C14H26N2O4. The summed E-state index contributed by atoms with van der Waals surface area (Å²) in [7, 11) is 1.67. The molecule has 116 valence electrons. The molecule has 1 saturated carbocycles. The number of carbonyl (C=O) groups excluding carboxylic acids is 1. The van der Waals surface area contributed by atoms with Crippen molar-refractivity contribution in [2.75, 3.05) is 20.1 Å². The number of nitrogens with one attached hydrogen (secondary N) is 1. The molecule has 2 amide bonds. The van der Waals surface area contributed by atoms with Gasteiger partial charge in [0.25, 0.3) is 0 Å². The lowest BCUT2D eigenvalue weighted by molar-refractivity contribution is -0.137. The van der Waals surface area contributed by atoms with Gasteiger partial charge >= 0.3 is 12.0 Å². The fraction of sp³-hybridized carbons (Fsp3) is 0.857. The number of aliphatic carboxylic acids is 1. The molecule has 0 saturated heterocycles. The molecule has 0 aromatic heterocycles. The van der Waals surface area contributed by atoms with Gasteiger partial charge in [-0.15, -0.1) is 0 Å². The Morgan fingerprint density at radius 2 is 1.95 bits per heavy atom. The van der Waals surface area contributed by atoms with Crippen LogP contribution in [0.1, 0.15) is 45.4 Å². The molecule has 1 aliphatic rings. The van der Waals surface area contributed by atoms with E-state index in [0.29, 0.717) is 19.5 Å². The zero-order chi connectivity index (χ0) is 15.2. The number of nitrogens with zero attached hydrogens (tertiary/aromatic N) is 1. The van der Waals surface area contributed by atoms with Crippen LogP contribution in [-0.4, -0.2) is 52.9 Å². The van der Waals surface area contributed by atoms with Gasteiger partial charge in [-0.1, -0.05) is 19.8 Å². The third-order valence-corrected chi connectivity index (χ3v) is 3.87. The van der Waals surface area contributed by atoms with Gasteiger partial charge in [-0.05, 0) is 25.2 Å². The van der Waals surface area contributed by atoms with Crippen LogP contribution < -0.4 is 5.32 Å². The van der Waals surface area contributed by atoms with Gasteiger partial charge in [0.15, 0.2) is 0 Å². The highest BCUT2D eigenvalue weighted by Crippen LogP contribution is 2.29. The van der Waals surface area contributed by atoms with Crippen LogP contribution in [0.25, 0.3) is 0 Å². The first kappa shape index (κ1) is 16.8. The molecule has 0 spiro atoms. The lowest BCUT2D eigenvalue weighted by Crippen LogP contribution is -2.46. The fourth-order valence-electron chi connectivity index (χ4n) is 2.57. The average Bonchev–Trinajstić information content (AvgIpc) is 2.79. The van der Waals surface area contributed by atoms with Gasteiger partial charge in [0.1, 0.15) is 0 Å². The van der Waals surface area contributed by atoms with E-state index in [9.17, 15) is 14.7 Å². The Balaban J connectivity index is 2.25. The van der Waals surface area contributed by atoms with Crippen molar-refractivity contribution in [1.82, 2.24) is 10.2 Å². The molecule has 1 aliphatic carbocycles. The minimum absolute atomic E-state index is 0.118. The minimum Gasteiger partial charge on any atom is -0.481 e.